The summed E-state index contributed by atoms with van der Waals surface area (Å²) in [5, 5.41) is 1.24. The average Bonchev–Trinajstić information content (AvgIpc) is 3.03. The van der Waals surface area contributed by atoms with E-state index in [9.17, 15) is 9.59 Å². The largest absolute Gasteiger partial charge is 0.449 e. The lowest BCUT2D eigenvalue weighted by molar-refractivity contribution is 0.0541. The van der Waals surface area contributed by atoms with Gasteiger partial charge in [-0.3, -0.25) is 0 Å². The van der Waals surface area contributed by atoms with Gasteiger partial charge in [-0.25, -0.2) is 20.0 Å². The standard InChI is InChI=1S/C17H22N2O4/c1-3-22-16(20)18-19(17(21)23-4-2)15-12-8-11-14(15)13-9-6-5-7-10-13/h5-11,14-15H,3-4,12H2,1-2H3,(H,18,20)/t14-,15+/m1/s1. The molecule has 1 aromatic carbocycles. The zero-order chi connectivity index (χ0) is 16.7. The predicted octanol–water partition coefficient (Wildman–Crippen LogP) is 3.22. The molecule has 1 aromatic rings. The van der Waals surface area contributed by atoms with Crippen molar-refractivity contribution in [3.8, 4) is 0 Å². The molecule has 2 rings (SSSR count). The lowest BCUT2D eigenvalue weighted by atomic mass is 9.94. The molecule has 0 bridgehead atoms. The number of nitrogens with zero attached hydrogens (tertiary/aromatic N) is 1. The number of carbonyl (C=O) groups excluding carboxylic acids is 2. The minimum Gasteiger partial charge on any atom is -0.449 e. The Morgan fingerprint density at radius 1 is 1.17 bits per heavy atom. The van der Waals surface area contributed by atoms with E-state index in [0.717, 1.165) is 5.56 Å². The summed E-state index contributed by atoms with van der Waals surface area (Å²) in [4.78, 5) is 24.0. The van der Waals surface area contributed by atoms with Gasteiger partial charge < -0.3 is 9.47 Å². The van der Waals surface area contributed by atoms with Crippen LogP contribution in [-0.2, 0) is 9.47 Å². The fourth-order valence-electron chi connectivity index (χ4n) is 2.63. The van der Waals surface area contributed by atoms with Gasteiger partial charge >= 0.3 is 12.2 Å². The molecule has 124 valence electrons. The highest BCUT2D eigenvalue weighted by molar-refractivity contribution is 5.74. The van der Waals surface area contributed by atoms with Crippen LogP contribution in [0.1, 0.15) is 31.7 Å². The maximum absolute atomic E-state index is 12.3. The van der Waals surface area contributed by atoms with Crippen molar-refractivity contribution in [1.29, 1.82) is 0 Å². The van der Waals surface area contributed by atoms with Gasteiger partial charge in [-0.1, -0.05) is 42.5 Å². The highest BCUT2D eigenvalue weighted by Crippen LogP contribution is 2.32. The molecule has 23 heavy (non-hydrogen) atoms. The van der Waals surface area contributed by atoms with E-state index in [4.69, 9.17) is 9.47 Å². The van der Waals surface area contributed by atoms with Gasteiger partial charge in [0.25, 0.3) is 0 Å². The smallest absolute Gasteiger partial charge is 0.429 e. The van der Waals surface area contributed by atoms with Crippen molar-refractivity contribution in [3.05, 3.63) is 48.0 Å². The molecule has 0 saturated heterocycles. The minimum atomic E-state index is -0.667. The number of hydrogen-bond acceptors (Lipinski definition) is 4. The second-order valence-corrected chi connectivity index (χ2v) is 5.07. The Labute approximate surface area is 136 Å². The number of hydrogen-bond donors (Lipinski definition) is 1. The topological polar surface area (TPSA) is 67.9 Å². The van der Waals surface area contributed by atoms with E-state index in [1.165, 1.54) is 5.01 Å². The van der Waals surface area contributed by atoms with Crippen LogP contribution in [0.25, 0.3) is 0 Å². The number of amides is 2. The number of hydrazine groups is 1. The monoisotopic (exact) mass is 318 g/mol. The third kappa shape index (κ3) is 4.25. The molecule has 1 aliphatic rings. The number of carbonyl (C=O) groups is 2. The van der Waals surface area contributed by atoms with Crippen LogP contribution in [0.15, 0.2) is 42.5 Å². The Balaban J connectivity index is 2.19. The van der Waals surface area contributed by atoms with Gasteiger partial charge in [0.15, 0.2) is 0 Å². The summed E-state index contributed by atoms with van der Waals surface area (Å²) in [6, 6.07) is 9.60. The number of benzene rings is 1. The van der Waals surface area contributed by atoms with Gasteiger partial charge in [0.2, 0.25) is 0 Å². The first-order chi connectivity index (χ1) is 11.2. The highest BCUT2D eigenvalue weighted by Gasteiger charge is 2.35. The van der Waals surface area contributed by atoms with Gasteiger partial charge in [-0.15, -0.1) is 0 Å². The molecule has 0 aliphatic heterocycles. The van der Waals surface area contributed by atoms with Crippen molar-refractivity contribution in [2.24, 2.45) is 0 Å². The summed E-state index contributed by atoms with van der Waals surface area (Å²) in [5.74, 6) is -0.0115. The third-order valence-corrected chi connectivity index (χ3v) is 3.60. The lowest BCUT2D eigenvalue weighted by Gasteiger charge is -2.31. The fourth-order valence-corrected chi connectivity index (χ4v) is 2.63. The van der Waals surface area contributed by atoms with E-state index in [1.807, 2.05) is 42.5 Å². The molecule has 0 spiro atoms. The maximum Gasteiger partial charge on any atom is 0.429 e. The van der Waals surface area contributed by atoms with Crippen molar-refractivity contribution < 1.29 is 19.1 Å². The zero-order valence-electron chi connectivity index (χ0n) is 13.4. The molecule has 0 unspecified atom stereocenters. The van der Waals surface area contributed by atoms with Gasteiger partial charge in [0.1, 0.15) is 0 Å². The summed E-state index contributed by atoms with van der Waals surface area (Å²) < 4.78 is 9.95. The third-order valence-electron chi connectivity index (χ3n) is 3.60. The van der Waals surface area contributed by atoms with Crippen molar-refractivity contribution in [2.75, 3.05) is 13.2 Å². The molecular weight excluding hydrogens is 296 g/mol. The van der Waals surface area contributed by atoms with E-state index < -0.39 is 12.2 Å². The first-order valence-corrected chi connectivity index (χ1v) is 7.78. The molecule has 0 saturated carbocycles. The molecule has 2 atom stereocenters. The van der Waals surface area contributed by atoms with Gasteiger partial charge in [0, 0.05) is 5.92 Å². The van der Waals surface area contributed by atoms with Crippen LogP contribution in [-0.4, -0.2) is 36.5 Å². The molecule has 0 heterocycles. The quantitative estimate of drug-likeness (QED) is 0.683. The fraction of sp³-hybridized carbons (Fsp3) is 0.412. The summed E-state index contributed by atoms with van der Waals surface area (Å²) in [5.41, 5.74) is 3.58. The molecule has 0 fully saturated rings. The zero-order valence-corrected chi connectivity index (χ0v) is 13.4. The Morgan fingerprint density at radius 3 is 2.52 bits per heavy atom. The SMILES string of the molecule is CCOC(=O)NN(C(=O)OCC)[C@H]1CC=C[C@@H]1c1ccccc1. The van der Waals surface area contributed by atoms with Crippen LogP contribution in [0.4, 0.5) is 9.59 Å². The molecule has 1 N–H and O–H groups in total. The molecule has 6 heteroatoms. The van der Waals surface area contributed by atoms with Crippen LogP contribution < -0.4 is 5.43 Å². The van der Waals surface area contributed by atoms with E-state index in [1.54, 1.807) is 13.8 Å². The van der Waals surface area contributed by atoms with Crippen LogP contribution >= 0.6 is 0 Å². The summed E-state index contributed by atoms with van der Waals surface area (Å²) in [7, 11) is 0. The Hall–Kier alpha value is -2.50. The van der Waals surface area contributed by atoms with Crippen LogP contribution in [0.3, 0.4) is 0 Å². The van der Waals surface area contributed by atoms with Crippen LogP contribution in [0, 0.1) is 0 Å². The summed E-state index contributed by atoms with van der Waals surface area (Å²) in [6.07, 6.45) is 3.42. The van der Waals surface area contributed by atoms with E-state index >= 15 is 0 Å². The molecule has 2 amide bonds. The molecule has 1 aliphatic carbocycles. The number of nitrogens with one attached hydrogen (secondary N) is 1. The van der Waals surface area contributed by atoms with E-state index in [-0.39, 0.29) is 25.2 Å². The second kappa shape index (κ2) is 8.22. The molecule has 0 aromatic heterocycles. The Morgan fingerprint density at radius 2 is 1.87 bits per heavy atom. The van der Waals surface area contributed by atoms with Crippen LogP contribution in [0.2, 0.25) is 0 Å². The van der Waals surface area contributed by atoms with Crippen molar-refractivity contribution in [2.45, 2.75) is 32.2 Å². The Bertz CT molecular complexity index is 559. The van der Waals surface area contributed by atoms with Crippen molar-refractivity contribution >= 4 is 12.2 Å². The lowest BCUT2D eigenvalue weighted by Crippen LogP contribution is -2.53. The predicted molar refractivity (Wildman–Crippen MR) is 85.7 cm³/mol. The number of rotatable bonds is 4. The number of ether oxygens (including phenoxy) is 2. The minimum absolute atomic E-state index is 0.0115. The second-order valence-electron chi connectivity index (χ2n) is 5.07. The van der Waals surface area contributed by atoms with Crippen molar-refractivity contribution in [1.82, 2.24) is 10.4 Å². The van der Waals surface area contributed by atoms with Crippen LogP contribution in [0.5, 0.6) is 0 Å². The van der Waals surface area contributed by atoms with Gasteiger partial charge in [-0.2, -0.15) is 0 Å². The maximum atomic E-state index is 12.3. The van der Waals surface area contributed by atoms with Gasteiger partial charge in [-0.05, 0) is 25.8 Å². The molecular formula is C17H22N2O4. The normalized spacial score (nSPS) is 19.2. The highest BCUT2D eigenvalue weighted by atomic mass is 16.6. The molecule has 0 radical (unpaired) electrons. The first-order valence-electron chi connectivity index (χ1n) is 7.78. The first kappa shape index (κ1) is 16.9. The summed E-state index contributed by atoms with van der Waals surface area (Å²) in [6.45, 7) is 3.89. The van der Waals surface area contributed by atoms with E-state index in [2.05, 4.69) is 5.43 Å². The van der Waals surface area contributed by atoms with E-state index in [0.29, 0.717) is 6.42 Å². The average molecular weight is 318 g/mol. The van der Waals surface area contributed by atoms with Crippen molar-refractivity contribution in [3.63, 3.8) is 0 Å². The molecule has 6 nitrogen and oxygen atoms in total. The van der Waals surface area contributed by atoms with Gasteiger partial charge in [0.05, 0.1) is 19.3 Å². The Kier molecular flexibility index (Phi) is 6.02. The summed E-state index contributed by atoms with van der Waals surface area (Å²) >= 11 is 0.